The van der Waals surface area contributed by atoms with Gasteiger partial charge in [0.15, 0.2) is 12.4 Å². The number of unbranched alkanes of at least 4 members (excludes halogenated alkanes) is 1. The summed E-state index contributed by atoms with van der Waals surface area (Å²) in [4.78, 5) is 39.0. The third-order valence-electron chi connectivity index (χ3n) is 3.87. The van der Waals surface area contributed by atoms with Crippen LogP contribution in [0.2, 0.25) is 0 Å². The molecular formula is C17H22N2O4. The van der Waals surface area contributed by atoms with Crippen LogP contribution in [0.25, 0.3) is 0 Å². The van der Waals surface area contributed by atoms with Crippen molar-refractivity contribution in [3.8, 4) is 5.75 Å². The number of hydrogen-bond donors (Lipinski definition) is 0. The zero-order chi connectivity index (χ0) is 17.0. The minimum absolute atomic E-state index is 0.0449. The molecule has 6 heteroatoms. The summed E-state index contributed by atoms with van der Waals surface area (Å²) in [5.74, 6) is -0.000837. The first kappa shape index (κ1) is 17.0. The third kappa shape index (κ3) is 3.88. The Hall–Kier alpha value is -2.37. The van der Waals surface area contributed by atoms with E-state index in [1.807, 2.05) is 0 Å². The van der Waals surface area contributed by atoms with E-state index in [0.717, 1.165) is 12.8 Å². The highest BCUT2D eigenvalue weighted by molar-refractivity contribution is 6.04. The highest BCUT2D eigenvalue weighted by Gasteiger charge is 2.28. The van der Waals surface area contributed by atoms with Crippen LogP contribution in [-0.2, 0) is 9.59 Å². The van der Waals surface area contributed by atoms with Crippen molar-refractivity contribution in [3.05, 3.63) is 23.8 Å². The number of rotatable bonds is 6. The normalized spacial score (nSPS) is 13.3. The molecular weight excluding hydrogens is 296 g/mol. The highest BCUT2D eigenvalue weighted by Crippen LogP contribution is 2.33. The van der Waals surface area contributed by atoms with Gasteiger partial charge < -0.3 is 9.64 Å². The molecule has 0 aromatic heterocycles. The van der Waals surface area contributed by atoms with Gasteiger partial charge in [0.2, 0.25) is 5.91 Å². The van der Waals surface area contributed by atoms with Gasteiger partial charge in [0.1, 0.15) is 12.3 Å². The van der Waals surface area contributed by atoms with Gasteiger partial charge in [-0.25, -0.2) is 0 Å². The zero-order valence-corrected chi connectivity index (χ0v) is 13.8. The average molecular weight is 318 g/mol. The molecule has 2 rings (SSSR count). The van der Waals surface area contributed by atoms with Crippen LogP contribution in [0.5, 0.6) is 5.75 Å². The van der Waals surface area contributed by atoms with Crippen LogP contribution in [0.15, 0.2) is 18.2 Å². The molecule has 0 saturated carbocycles. The molecule has 0 radical (unpaired) electrons. The molecule has 1 aromatic rings. The molecule has 6 nitrogen and oxygen atoms in total. The summed E-state index contributed by atoms with van der Waals surface area (Å²) in [6.07, 6.45) is 1.92. The van der Waals surface area contributed by atoms with E-state index < -0.39 is 0 Å². The van der Waals surface area contributed by atoms with Gasteiger partial charge in [0, 0.05) is 19.2 Å². The van der Waals surface area contributed by atoms with Gasteiger partial charge in [-0.1, -0.05) is 13.3 Å². The van der Waals surface area contributed by atoms with E-state index in [2.05, 4.69) is 6.92 Å². The number of anilines is 1. The van der Waals surface area contributed by atoms with Crippen molar-refractivity contribution >= 4 is 23.3 Å². The fraction of sp³-hybridized carbons (Fsp3) is 0.471. The summed E-state index contributed by atoms with van der Waals surface area (Å²) in [7, 11) is 1.73. The topological polar surface area (TPSA) is 66.9 Å². The molecule has 1 aliphatic rings. The molecule has 1 heterocycles. The van der Waals surface area contributed by atoms with Crippen LogP contribution in [0, 0.1) is 0 Å². The fourth-order valence-electron chi connectivity index (χ4n) is 2.37. The first-order valence-corrected chi connectivity index (χ1v) is 7.76. The summed E-state index contributed by atoms with van der Waals surface area (Å²) in [5, 5.41) is 0. The number of Topliss-reactive ketones (excluding diaryl/α,β-unsaturated/α-hetero) is 1. The van der Waals surface area contributed by atoms with E-state index in [-0.39, 0.29) is 30.7 Å². The molecule has 124 valence electrons. The molecule has 0 aliphatic carbocycles. The Bertz CT molecular complexity index is 627. The molecule has 2 amide bonds. The summed E-state index contributed by atoms with van der Waals surface area (Å²) in [6.45, 7) is 4.04. The SMILES string of the molecule is CCCCN(C)C(=O)CN1C(=O)COc2ccc(C(C)=O)cc21. The van der Waals surface area contributed by atoms with E-state index in [0.29, 0.717) is 23.5 Å². The summed E-state index contributed by atoms with van der Waals surface area (Å²) >= 11 is 0. The van der Waals surface area contributed by atoms with E-state index in [1.54, 1.807) is 30.1 Å². The lowest BCUT2D eigenvalue weighted by Gasteiger charge is -2.30. The molecule has 0 unspecified atom stereocenters. The average Bonchev–Trinajstić information content (AvgIpc) is 2.54. The Balaban J connectivity index is 2.22. The van der Waals surface area contributed by atoms with E-state index in [4.69, 9.17) is 4.74 Å². The summed E-state index contributed by atoms with van der Waals surface area (Å²) in [6, 6.07) is 4.93. The lowest BCUT2D eigenvalue weighted by Crippen LogP contribution is -2.45. The minimum atomic E-state index is -0.282. The van der Waals surface area contributed by atoms with E-state index in [9.17, 15) is 14.4 Å². The highest BCUT2D eigenvalue weighted by atomic mass is 16.5. The smallest absolute Gasteiger partial charge is 0.265 e. The number of ketones is 1. The van der Waals surface area contributed by atoms with Crippen molar-refractivity contribution in [2.24, 2.45) is 0 Å². The fourth-order valence-corrected chi connectivity index (χ4v) is 2.37. The summed E-state index contributed by atoms with van der Waals surface area (Å²) < 4.78 is 5.38. The lowest BCUT2D eigenvalue weighted by molar-refractivity contribution is -0.131. The first-order chi connectivity index (χ1) is 10.9. The molecule has 0 fully saturated rings. The molecule has 0 bridgehead atoms. The van der Waals surface area contributed by atoms with Crippen molar-refractivity contribution in [2.45, 2.75) is 26.7 Å². The van der Waals surface area contributed by atoms with Crippen LogP contribution in [0.1, 0.15) is 37.0 Å². The van der Waals surface area contributed by atoms with Gasteiger partial charge in [-0.05, 0) is 31.5 Å². The quantitative estimate of drug-likeness (QED) is 0.751. The monoisotopic (exact) mass is 318 g/mol. The number of fused-ring (bicyclic) bond motifs is 1. The lowest BCUT2D eigenvalue weighted by atomic mass is 10.1. The molecule has 1 aromatic carbocycles. The van der Waals surface area contributed by atoms with Gasteiger partial charge >= 0.3 is 0 Å². The van der Waals surface area contributed by atoms with Gasteiger partial charge in [0.05, 0.1) is 5.69 Å². The van der Waals surface area contributed by atoms with Crippen molar-refractivity contribution < 1.29 is 19.1 Å². The molecule has 23 heavy (non-hydrogen) atoms. The number of carbonyl (C=O) groups is 3. The molecule has 0 N–H and O–H groups in total. The molecule has 0 saturated heterocycles. The Morgan fingerprint density at radius 1 is 1.35 bits per heavy atom. The Morgan fingerprint density at radius 2 is 2.09 bits per heavy atom. The predicted octanol–water partition coefficient (Wildman–Crippen LogP) is 1.87. The number of amides is 2. The third-order valence-corrected chi connectivity index (χ3v) is 3.87. The summed E-state index contributed by atoms with van der Waals surface area (Å²) in [5.41, 5.74) is 0.963. The van der Waals surface area contributed by atoms with Crippen LogP contribution >= 0.6 is 0 Å². The van der Waals surface area contributed by atoms with Crippen molar-refractivity contribution in [2.75, 3.05) is 31.6 Å². The maximum absolute atomic E-state index is 12.3. The zero-order valence-electron chi connectivity index (χ0n) is 13.8. The van der Waals surface area contributed by atoms with Gasteiger partial charge in [0.25, 0.3) is 5.91 Å². The standard InChI is InChI=1S/C17H22N2O4/c1-4-5-8-18(3)16(21)10-19-14-9-13(12(2)20)6-7-15(14)23-11-17(19)22/h6-7,9H,4-5,8,10-11H2,1-3H3. The minimum Gasteiger partial charge on any atom is -0.482 e. The molecule has 0 atom stereocenters. The van der Waals surface area contributed by atoms with E-state index in [1.165, 1.54) is 11.8 Å². The first-order valence-electron chi connectivity index (χ1n) is 7.76. The van der Waals surface area contributed by atoms with Gasteiger partial charge in [-0.3, -0.25) is 19.3 Å². The Morgan fingerprint density at radius 3 is 2.74 bits per heavy atom. The second-order valence-electron chi connectivity index (χ2n) is 5.68. The van der Waals surface area contributed by atoms with Crippen molar-refractivity contribution in [3.63, 3.8) is 0 Å². The molecule has 1 aliphatic heterocycles. The largest absolute Gasteiger partial charge is 0.482 e. The van der Waals surface area contributed by atoms with Crippen LogP contribution in [0.3, 0.4) is 0 Å². The number of carbonyl (C=O) groups excluding carboxylic acids is 3. The van der Waals surface area contributed by atoms with Crippen molar-refractivity contribution in [1.82, 2.24) is 4.90 Å². The van der Waals surface area contributed by atoms with E-state index >= 15 is 0 Å². The van der Waals surface area contributed by atoms with Gasteiger partial charge in [-0.15, -0.1) is 0 Å². The predicted molar refractivity (Wildman–Crippen MR) is 86.8 cm³/mol. The Labute approximate surface area is 136 Å². The maximum Gasteiger partial charge on any atom is 0.265 e. The van der Waals surface area contributed by atoms with Crippen LogP contribution in [-0.4, -0.2) is 49.2 Å². The van der Waals surface area contributed by atoms with Crippen molar-refractivity contribution in [1.29, 1.82) is 0 Å². The van der Waals surface area contributed by atoms with Crippen LogP contribution < -0.4 is 9.64 Å². The second-order valence-corrected chi connectivity index (χ2v) is 5.68. The van der Waals surface area contributed by atoms with Crippen LogP contribution in [0.4, 0.5) is 5.69 Å². The number of nitrogens with zero attached hydrogens (tertiary/aromatic N) is 2. The second kappa shape index (κ2) is 7.26. The Kier molecular flexibility index (Phi) is 5.36. The maximum atomic E-state index is 12.3. The number of hydrogen-bond acceptors (Lipinski definition) is 4. The number of likely N-dealkylation sites (N-methyl/N-ethyl adjacent to an activating group) is 1. The number of benzene rings is 1. The number of ether oxygens (including phenoxy) is 1. The van der Waals surface area contributed by atoms with Gasteiger partial charge in [-0.2, -0.15) is 0 Å². The molecule has 0 spiro atoms.